The van der Waals surface area contributed by atoms with Crippen LogP contribution in [0.5, 0.6) is 0 Å². The fourth-order valence-corrected chi connectivity index (χ4v) is 1.83. The molecule has 0 amide bonds. The van der Waals surface area contributed by atoms with Crippen molar-refractivity contribution in [3.05, 3.63) is 0 Å². The first-order valence-electron chi connectivity index (χ1n) is 5.55. The minimum atomic E-state index is 0. The Balaban J connectivity index is 0.00000144. The third-order valence-corrected chi connectivity index (χ3v) is 2.65. The van der Waals surface area contributed by atoms with E-state index in [2.05, 4.69) is 6.92 Å². The second kappa shape index (κ2) is 9.06. The van der Waals surface area contributed by atoms with E-state index in [1.807, 2.05) is 0 Å². The molecule has 1 atom stereocenters. The van der Waals surface area contributed by atoms with Crippen LogP contribution in [-0.4, -0.2) is 30.1 Å². The van der Waals surface area contributed by atoms with Crippen molar-refractivity contribution in [1.82, 2.24) is 0 Å². The molecule has 0 bridgehead atoms. The zero-order chi connectivity index (χ0) is 8.65. The molecule has 0 aliphatic carbocycles. The highest BCUT2D eigenvalue weighted by Crippen LogP contribution is 2.18. The lowest BCUT2D eigenvalue weighted by Crippen LogP contribution is -2.18. The molecule has 1 nitrogen and oxygen atoms in total. The summed E-state index contributed by atoms with van der Waals surface area (Å²) in [5, 5.41) is 0. The molecule has 1 fully saturated rings. The molecule has 13 heavy (non-hydrogen) atoms. The summed E-state index contributed by atoms with van der Waals surface area (Å²) in [6, 6.07) is 0. The van der Waals surface area contributed by atoms with Crippen LogP contribution < -0.4 is 0 Å². The van der Waals surface area contributed by atoms with Gasteiger partial charge < -0.3 is 4.74 Å². The van der Waals surface area contributed by atoms with Crippen molar-refractivity contribution in [3.8, 4) is 0 Å². The van der Waals surface area contributed by atoms with E-state index in [0.717, 1.165) is 6.61 Å². The van der Waals surface area contributed by atoms with Crippen LogP contribution in [0.25, 0.3) is 0 Å². The minimum Gasteiger partial charge on any atom is -0.378 e. The van der Waals surface area contributed by atoms with Gasteiger partial charge in [-0.3, -0.25) is 0 Å². The van der Waals surface area contributed by atoms with Gasteiger partial charge in [0.2, 0.25) is 0 Å². The van der Waals surface area contributed by atoms with Gasteiger partial charge in [-0.15, -0.1) is 0 Å². The maximum absolute atomic E-state index is 5.66. The Bertz CT molecular complexity index is 100. The Morgan fingerprint density at radius 3 is 2.62 bits per heavy atom. The number of ether oxygens (including phenoxy) is 1. The fourth-order valence-electron chi connectivity index (χ4n) is 1.83. The molecule has 1 aliphatic rings. The summed E-state index contributed by atoms with van der Waals surface area (Å²) in [5.74, 6) is 0. The van der Waals surface area contributed by atoms with Crippen molar-refractivity contribution in [2.75, 3.05) is 6.61 Å². The molecule has 1 aliphatic heterocycles. The lowest BCUT2D eigenvalue weighted by Gasteiger charge is -2.22. The summed E-state index contributed by atoms with van der Waals surface area (Å²) in [6.07, 6.45) is 11.4. The van der Waals surface area contributed by atoms with Crippen LogP contribution in [-0.2, 0) is 4.74 Å². The quantitative estimate of drug-likeness (QED) is 0.489. The molecule has 0 aromatic heterocycles. The number of hydrogen-bond acceptors (Lipinski definition) is 1. The van der Waals surface area contributed by atoms with Crippen molar-refractivity contribution in [1.29, 1.82) is 0 Å². The highest BCUT2D eigenvalue weighted by atomic mass is 27.0. The van der Waals surface area contributed by atoms with Gasteiger partial charge in [-0.2, -0.15) is 0 Å². The number of rotatable bonds is 5. The van der Waals surface area contributed by atoms with E-state index in [4.69, 9.17) is 4.74 Å². The third kappa shape index (κ3) is 6.55. The highest BCUT2D eigenvalue weighted by molar-refractivity contribution is 5.75. The Morgan fingerprint density at radius 2 is 2.00 bits per heavy atom. The Labute approximate surface area is 93.4 Å². The van der Waals surface area contributed by atoms with Crippen LogP contribution in [0.3, 0.4) is 0 Å². The molecule has 1 heterocycles. The molecule has 0 saturated carbocycles. The van der Waals surface area contributed by atoms with Gasteiger partial charge in [0.1, 0.15) is 0 Å². The lowest BCUT2D eigenvalue weighted by molar-refractivity contribution is 0.00978. The Kier molecular flexibility index (Phi) is 9.41. The smallest absolute Gasteiger partial charge is 0.187 e. The van der Waals surface area contributed by atoms with E-state index in [-0.39, 0.29) is 17.4 Å². The largest absolute Gasteiger partial charge is 0.378 e. The molecular weight excluding hydrogens is 175 g/mol. The van der Waals surface area contributed by atoms with E-state index in [0.29, 0.717) is 6.10 Å². The van der Waals surface area contributed by atoms with Gasteiger partial charge in [-0.05, 0) is 25.7 Å². The third-order valence-electron chi connectivity index (χ3n) is 2.65. The zero-order valence-corrected chi connectivity index (χ0v) is 8.35. The first-order chi connectivity index (χ1) is 5.93. The Morgan fingerprint density at radius 1 is 1.15 bits per heavy atom. The first kappa shape index (κ1) is 13.5. The van der Waals surface area contributed by atoms with Crippen LogP contribution >= 0.6 is 0 Å². The summed E-state index contributed by atoms with van der Waals surface area (Å²) >= 11 is 0. The van der Waals surface area contributed by atoms with Crippen LogP contribution in [0.2, 0.25) is 0 Å². The monoisotopic (exact) mass is 200 g/mol. The summed E-state index contributed by atoms with van der Waals surface area (Å²) in [7, 11) is 0. The molecule has 0 spiro atoms. The van der Waals surface area contributed by atoms with Crippen molar-refractivity contribution >= 4 is 17.4 Å². The molecule has 78 valence electrons. The summed E-state index contributed by atoms with van der Waals surface area (Å²) in [5.41, 5.74) is 0. The molecule has 1 rings (SSSR count). The van der Waals surface area contributed by atoms with E-state index < -0.39 is 0 Å². The van der Waals surface area contributed by atoms with Gasteiger partial charge in [-0.25, -0.2) is 0 Å². The predicted molar refractivity (Wildman–Crippen MR) is 62.3 cm³/mol. The maximum atomic E-state index is 5.66. The fraction of sp³-hybridized carbons (Fsp3) is 1.00. The zero-order valence-electron chi connectivity index (χ0n) is 8.35. The highest BCUT2D eigenvalue weighted by Gasteiger charge is 2.12. The van der Waals surface area contributed by atoms with E-state index in [9.17, 15) is 0 Å². The van der Waals surface area contributed by atoms with Crippen LogP contribution in [0.4, 0.5) is 0 Å². The average Bonchev–Trinajstić information content (AvgIpc) is 2.14. The minimum absolute atomic E-state index is 0. The summed E-state index contributed by atoms with van der Waals surface area (Å²) < 4.78 is 5.66. The van der Waals surface area contributed by atoms with Gasteiger partial charge in [0.25, 0.3) is 0 Å². The molecule has 0 aromatic carbocycles. The molecule has 0 N–H and O–H groups in total. The lowest BCUT2D eigenvalue weighted by atomic mass is 10.0. The standard InChI is InChI=1S/C11H22O.Al.3H/c1-2-3-4-5-8-11-9-6-7-10-12-11;;;;/h11H,2-10H2,1H3;;;;. The molecule has 1 unspecified atom stereocenters. The van der Waals surface area contributed by atoms with Gasteiger partial charge in [-0.1, -0.05) is 32.6 Å². The van der Waals surface area contributed by atoms with Crippen LogP contribution in [0, 0.1) is 0 Å². The van der Waals surface area contributed by atoms with Crippen LogP contribution in [0.15, 0.2) is 0 Å². The molecule has 0 radical (unpaired) electrons. The number of hydrogen-bond donors (Lipinski definition) is 0. The van der Waals surface area contributed by atoms with E-state index in [1.165, 1.54) is 51.4 Å². The van der Waals surface area contributed by atoms with E-state index >= 15 is 0 Å². The van der Waals surface area contributed by atoms with Crippen LogP contribution in [0.1, 0.15) is 58.3 Å². The first-order valence-corrected chi connectivity index (χ1v) is 5.55. The van der Waals surface area contributed by atoms with Gasteiger partial charge in [0.15, 0.2) is 17.4 Å². The maximum Gasteiger partial charge on any atom is 0.187 e. The molecule has 2 heteroatoms. The van der Waals surface area contributed by atoms with Crippen molar-refractivity contribution in [2.24, 2.45) is 0 Å². The summed E-state index contributed by atoms with van der Waals surface area (Å²) in [6.45, 7) is 3.27. The second-order valence-electron chi connectivity index (χ2n) is 3.84. The molecular formula is C11H25AlO. The Hall–Kier alpha value is 0.492. The van der Waals surface area contributed by atoms with Crippen molar-refractivity contribution in [3.63, 3.8) is 0 Å². The number of unbranched alkanes of at least 4 members (excludes halogenated alkanes) is 3. The van der Waals surface area contributed by atoms with Gasteiger partial charge >= 0.3 is 0 Å². The van der Waals surface area contributed by atoms with Gasteiger partial charge in [0.05, 0.1) is 6.10 Å². The van der Waals surface area contributed by atoms with E-state index in [1.54, 1.807) is 0 Å². The molecule has 1 saturated heterocycles. The second-order valence-corrected chi connectivity index (χ2v) is 3.84. The molecule has 0 aromatic rings. The summed E-state index contributed by atoms with van der Waals surface area (Å²) in [4.78, 5) is 0. The average molecular weight is 200 g/mol. The topological polar surface area (TPSA) is 9.23 Å². The van der Waals surface area contributed by atoms with Gasteiger partial charge in [0, 0.05) is 6.61 Å². The van der Waals surface area contributed by atoms with Crippen molar-refractivity contribution in [2.45, 2.75) is 64.4 Å². The normalized spacial score (nSPS) is 22.4. The predicted octanol–water partition coefficient (Wildman–Crippen LogP) is 2.34. The van der Waals surface area contributed by atoms with Crippen molar-refractivity contribution < 1.29 is 4.74 Å². The SMILES string of the molecule is CCCCCCC1CCCCO1.[AlH3].